The maximum absolute atomic E-state index is 12.5. The van der Waals surface area contributed by atoms with Crippen molar-refractivity contribution in [2.45, 2.75) is 50.9 Å². The number of nitrogens with zero attached hydrogens (tertiary/aromatic N) is 4. The molecule has 6 nitrogen and oxygen atoms in total. The number of fused-ring (bicyclic) bond motifs is 1. The van der Waals surface area contributed by atoms with Gasteiger partial charge in [0.05, 0.1) is 0 Å². The standard InChI is InChI=1S/C18H27N5O.2ClH/c19-11-5-2-1-3-10-17(24)22-12-7-8-15(14-22)18-21-20-16-9-4-6-13-23(16)18;;/h4,6,9,13,15H,1-3,5,7-8,10-12,14,19H2;2*1H. The number of nitrogens with two attached hydrogens (primary N) is 1. The van der Waals surface area contributed by atoms with Crippen molar-refractivity contribution in [1.29, 1.82) is 0 Å². The second kappa shape index (κ2) is 11.4. The molecule has 0 aromatic carbocycles. The molecule has 1 unspecified atom stereocenters. The molecule has 1 fully saturated rings. The predicted molar refractivity (Wildman–Crippen MR) is 108 cm³/mol. The zero-order valence-corrected chi connectivity index (χ0v) is 16.7. The summed E-state index contributed by atoms with van der Waals surface area (Å²) in [5, 5.41) is 8.61. The monoisotopic (exact) mass is 401 g/mol. The smallest absolute Gasteiger partial charge is 0.222 e. The van der Waals surface area contributed by atoms with Gasteiger partial charge in [-0.2, -0.15) is 0 Å². The Morgan fingerprint density at radius 3 is 2.77 bits per heavy atom. The van der Waals surface area contributed by atoms with Crippen LogP contribution in [0.15, 0.2) is 24.4 Å². The number of aromatic nitrogens is 3. The summed E-state index contributed by atoms with van der Waals surface area (Å²) in [6.45, 7) is 2.38. The van der Waals surface area contributed by atoms with E-state index in [0.29, 0.717) is 6.42 Å². The van der Waals surface area contributed by atoms with E-state index in [9.17, 15) is 4.79 Å². The fourth-order valence-electron chi connectivity index (χ4n) is 3.48. The van der Waals surface area contributed by atoms with Gasteiger partial charge in [0.15, 0.2) is 5.65 Å². The van der Waals surface area contributed by atoms with Gasteiger partial charge in [-0.25, -0.2) is 0 Å². The second-order valence-electron chi connectivity index (χ2n) is 6.62. The molecule has 1 amide bonds. The van der Waals surface area contributed by atoms with Crippen molar-refractivity contribution >= 4 is 36.4 Å². The number of hydrogen-bond acceptors (Lipinski definition) is 4. The molecule has 0 radical (unpaired) electrons. The van der Waals surface area contributed by atoms with Gasteiger partial charge in [0.25, 0.3) is 0 Å². The highest BCUT2D eigenvalue weighted by atomic mass is 35.5. The van der Waals surface area contributed by atoms with Crippen LogP contribution in [0, 0.1) is 0 Å². The number of rotatable bonds is 7. The lowest BCUT2D eigenvalue weighted by atomic mass is 9.96. The molecule has 0 spiro atoms. The third-order valence-corrected chi connectivity index (χ3v) is 4.82. The number of carbonyl (C=O) groups excluding carboxylic acids is 1. The topological polar surface area (TPSA) is 76.5 Å². The molecule has 2 aromatic heterocycles. The van der Waals surface area contributed by atoms with Crippen molar-refractivity contribution in [3.8, 4) is 0 Å². The minimum atomic E-state index is 0. The quantitative estimate of drug-likeness (QED) is 0.722. The number of pyridine rings is 1. The normalized spacial score (nSPS) is 16.8. The maximum atomic E-state index is 12.5. The molecule has 3 heterocycles. The Balaban J connectivity index is 0.00000169. The van der Waals surface area contributed by atoms with Crippen LogP contribution in [0.3, 0.4) is 0 Å². The molecule has 0 bridgehead atoms. The van der Waals surface area contributed by atoms with Crippen LogP contribution in [0.2, 0.25) is 0 Å². The lowest BCUT2D eigenvalue weighted by molar-refractivity contribution is -0.132. The molecule has 1 atom stereocenters. The SMILES string of the molecule is Cl.Cl.NCCCCCCC(=O)N1CCCC(c2nnc3ccccn23)C1. The van der Waals surface area contributed by atoms with Crippen LogP contribution in [0.4, 0.5) is 0 Å². The van der Waals surface area contributed by atoms with E-state index in [2.05, 4.69) is 10.2 Å². The summed E-state index contributed by atoms with van der Waals surface area (Å²) in [6, 6.07) is 5.92. The van der Waals surface area contributed by atoms with E-state index in [1.807, 2.05) is 33.7 Å². The highest BCUT2D eigenvalue weighted by molar-refractivity contribution is 5.85. The van der Waals surface area contributed by atoms with Gasteiger partial charge in [-0.3, -0.25) is 9.20 Å². The minimum Gasteiger partial charge on any atom is -0.342 e. The molecule has 2 aromatic rings. The highest BCUT2D eigenvalue weighted by Crippen LogP contribution is 2.26. The van der Waals surface area contributed by atoms with Gasteiger partial charge in [-0.1, -0.05) is 18.9 Å². The van der Waals surface area contributed by atoms with E-state index in [0.717, 1.165) is 69.6 Å². The van der Waals surface area contributed by atoms with E-state index < -0.39 is 0 Å². The molecule has 1 aliphatic rings. The van der Waals surface area contributed by atoms with Gasteiger partial charge in [0.1, 0.15) is 5.82 Å². The zero-order chi connectivity index (χ0) is 16.8. The summed E-state index contributed by atoms with van der Waals surface area (Å²) >= 11 is 0. The predicted octanol–water partition coefficient (Wildman–Crippen LogP) is 3.19. The lowest BCUT2D eigenvalue weighted by Crippen LogP contribution is -2.39. The van der Waals surface area contributed by atoms with Crippen LogP contribution < -0.4 is 5.73 Å². The van der Waals surface area contributed by atoms with Crippen LogP contribution in [-0.2, 0) is 4.79 Å². The third-order valence-electron chi connectivity index (χ3n) is 4.82. The van der Waals surface area contributed by atoms with E-state index in [1.165, 1.54) is 0 Å². The van der Waals surface area contributed by atoms with Crippen molar-refractivity contribution in [1.82, 2.24) is 19.5 Å². The number of likely N-dealkylation sites (tertiary alicyclic amines) is 1. The Hall–Kier alpha value is -1.37. The molecule has 3 rings (SSSR count). The van der Waals surface area contributed by atoms with Crippen LogP contribution >= 0.6 is 24.8 Å². The Morgan fingerprint density at radius 1 is 1.15 bits per heavy atom. The molecule has 8 heteroatoms. The molecule has 2 N–H and O–H groups in total. The van der Waals surface area contributed by atoms with Gasteiger partial charge in [0.2, 0.25) is 5.91 Å². The first-order valence-corrected chi connectivity index (χ1v) is 9.07. The summed E-state index contributed by atoms with van der Waals surface area (Å²) < 4.78 is 2.05. The molecule has 26 heavy (non-hydrogen) atoms. The molecule has 0 saturated carbocycles. The van der Waals surface area contributed by atoms with E-state index in [4.69, 9.17) is 5.73 Å². The van der Waals surface area contributed by atoms with Crippen molar-refractivity contribution < 1.29 is 4.79 Å². The summed E-state index contributed by atoms with van der Waals surface area (Å²) in [5.41, 5.74) is 6.37. The number of amides is 1. The Labute approximate surface area is 167 Å². The van der Waals surface area contributed by atoms with Crippen LogP contribution in [0.5, 0.6) is 0 Å². The number of piperidine rings is 1. The number of carbonyl (C=O) groups is 1. The van der Waals surface area contributed by atoms with Crippen LogP contribution in [0.1, 0.15) is 56.7 Å². The molecular weight excluding hydrogens is 373 g/mol. The average Bonchev–Trinajstić information content (AvgIpc) is 3.05. The fraction of sp³-hybridized carbons (Fsp3) is 0.611. The van der Waals surface area contributed by atoms with Crippen LogP contribution in [0.25, 0.3) is 5.65 Å². The zero-order valence-electron chi connectivity index (χ0n) is 15.0. The summed E-state index contributed by atoms with van der Waals surface area (Å²) in [4.78, 5) is 14.5. The number of unbranched alkanes of at least 4 members (excludes halogenated alkanes) is 3. The number of halogens is 2. The summed E-state index contributed by atoms with van der Waals surface area (Å²) in [5.74, 6) is 1.53. The van der Waals surface area contributed by atoms with E-state index in [1.54, 1.807) is 0 Å². The van der Waals surface area contributed by atoms with Gasteiger partial charge >= 0.3 is 0 Å². The first-order valence-electron chi connectivity index (χ1n) is 9.07. The van der Waals surface area contributed by atoms with Crippen molar-refractivity contribution in [3.63, 3.8) is 0 Å². The minimum absolute atomic E-state index is 0. The van der Waals surface area contributed by atoms with E-state index >= 15 is 0 Å². The summed E-state index contributed by atoms with van der Waals surface area (Å²) in [7, 11) is 0. The first kappa shape index (κ1) is 22.7. The molecule has 0 aliphatic carbocycles. The first-order chi connectivity index (χ1) is 11.8. The molecule has 1 saturated heterocycles. The third kappa shape index (κ3) is 5.56. The van der Waals surface area contributed by atoms with Crippen molar-refractivity contribution in [3.05, 3.63) is 30.2 Å². The molecule has 146 valence electrons. The Bertz CT molecular complexity index is 678. The van der Waals surface area contributed by atoms with Crippen LogP contribution in [-0.4, -0.2) is 45.0 Å². The Morgan fingerprint density at radius 2 is 1.96 bits per heavy atom. The molecular formula is C18H29Cl2N5O. The number of hydrogen-bond donors (Lipinski definition) is 1. The largest absolute Gasteiger partial charge is 0.342 e. The summed E-state index contributed by atoms with van der Waals surface area (Å²) in [6.07, 6.45) is 8.99. The second-order valence-corrected chi connectivity index (χ2v) is 6.62. The van der Waals surface area contributed by atoms with Crippen molar-refractivity contribution in [2.24, 2.45) is 5.73 Å². The maximum Gasteiger partial charge on any atom is 0.222 e. The van der Waals surface area contributed by atoms with Gasteiger partial charge in [-0.15, -0.1) is 35.0 Å². The lowest BCUT2D eigenvalue weighted by Gasteiger charge is -2.32. The highest BCUT2D eigenvalue weighted by Gasteiger charge is 2.27. The molecule has 1 aliphatic heterocycles. The average molecular weight is 402 g/mol. The van der Waals surface area contributed by atoms with Gasteiger partial charge in [-0.05, 0) is 44.4 Å². The van der Waals surface area contributed by atoms with Gasteiger partial charge in [0, 0.05) is 31.6 Å². The van der Waals surface area contributed by atoms with E-state index in [-0.39, 0.29) is 36.6 Å². The Kier molecular flexibility index (Phi) is 9.91. The van der Waals surface area contributed by atoms with Gasteiger partial charge < -0.3 is 10.6 Å². The fourth-order valence-corrected chi connectivity index (χ4v) is 3.48. The van der Waals surface area contributed by atoms with Crippen molar-refractivity contribution in [2.75, 3.05) is 19.6 Å².